The van der Waals surface area contributed by atoms with Crippen molar-refractivity contribution in [3.63, 3.8) is 0 Å². The highest BCUT2D eigenvalue weighted by Crippen LogP contribution is 2.63. The Balaban J connectivity index is 1.60. The zero-order valence-electron chi connectivity index (χ0n) is 13.7. The molecule has 0 radical (unpaired) electrons. The van der Waals surface area contributed by atoms with Crippen LogP contribution in [0.25, 0.3) is 22.2 Å². The summed E-state index contributed by atoms with van der Waals surface area (Å²) in [4.78, 5) is 16.2. The predicted octanol–water partition coefficient (Wildman–Crippen LogP) is 4.50. The molecule has 2 aromatic heterocycles. The van der Waals surface area contributed by atoms with Crippen LogP contribution in [0.2, 0.25) is 0 Å². The Labute approximate surface area is 155 Å². The molecule has 0 N–H and O–H groups in total. The number of nitrogens with zero attached hydrogens (tertiary/aromatic N) is 3. The quantitative estimate of drug-likeness (QED) is 0.488. The van der Waals surface area contributed by atoms with Gasteiger partial charge in [0.25, 0.3) is 0 Å². The zero-order valence-corrected chi connectivity index (χ0v) is 15.3. The second-order valence-corrected chi connectivity index (χ2v) is 7.41. The van der Waals surface area contributed by atoms with Crippen LogP contribution in [-0.4, -0.2) is 25.9 Å². The van der Waals surface area contributed by atoms with E-state index in [2.05, 4.69) is 40.4 Å². The monoisotopic (exact) mass is 373 g/mol. The maximum Gasteiger partial charge on any atom is 0.228 e. The number of carbonyl (C=O) groups is 1. The Kier molecular flexibility index (Phi) is 4.05. The van der Waals surface area contributed by atoms with Crippen LogP contribution in [0.15, 0.2) is 42.7 Å². The molecule has 3 aromatic rings. The number of benzene rings is 1. The molecule has 0 amide bonds. The van der Waals surface area contributed by atoms with Crippen LogP contribution in [0, 0.1) is 5.41 Å². The molecule has 0 aliphatic heterocycles. The third kappa shape index (κ3) is 2.83. The van der Waals surface area contributed by atoms with Gasteiger partial charge in [0, 0.05) is 36.3 Å². The first-order valence-electron chi connectivity index (χ1n) is 8.19. The van der Waals surface area contributed by atoms with E-state index in [-0.39, 0.29) is 11.2 Å². The largest absolute Gasteiger partial charge is 0.281 e. The fourth-order valence-electron chi connectivity index (χ4n) is 3.60. The molecule has 2 atom stereocenters. The van der Waals surface area contributed by atoms with Gasteiger partial charge in [-0.1, -0.05) is 24.3 Å². The van der Waals surface area contributed by atoms with Crippen LogP contribution in [-0.2, 0) is 11.8 Å². The number of pyridine rings is 1. The van der Waals surface area contributed by atoms with Gasteiger partial charge in [0.2, 0.25) is 5.24 Å². The molecule has 25 heavy (non-hydrogen) atoms. The Morgan fingerprint density at radius 3 is 2.76 bits per heavy atom. The van der Waals surface area contributed by atoms with Crippen molar-refractivity contribution in [2.24, 2.45) is 12.5 Å². The molecule has 4 nitrogen and oxygen atoms in total. The van der Waals surface area contributed by atoms with E-state index in [1.54, 1.807) is 4.68 Å². The number of hydrogen-bond donors (Lipinski definition) is 0. The van der Waals surface area contributed by atoms with Crippen LogP contribution in [0.1, 0.15) is 24.3 Å². The summed E-state index contributed by atoms with van der Waals surface area (Å²) in [6.45, 7) is 0. The minimum atomic E-state index is -0.471. The van der Waals surface area contributed by atoms with Crippen molar-refractivity contribution in [1.82, 2.24) is 14.8 Å². The number of alkyl halides is 1. The van der Waals surface area contributed by atoms with Crippen LogP contribution < -0.4 is 0 Å². The average Bonchev–Trinajstić information content (AvgIpc) is 3.21. The van der Waals surface area contributed by atoms with E-state index in [1.807, 2.05) is 19.4 Å². The summed E-state index contributed by atoms with van der Waals surface area (Å²) in [5.41, 5.74) is 3.54. The molecule has 0 spiro atoms. The number of aromatic nitrogens is 3. The Hall–Kier alpha value is -1.91. The standard InChI is InChI=1S/C19H17Cl2N3O/c1-24-11-15-8-14(10-22-17(15)23-24)12-2-4-13(5-3-12)16-9-19(16,6-7-20)18(21)25/h2-5,8,10-11,16H,6-7,9H2,1H3/t16-,19+/m1/s1. The fourth-order valence-corrected chi connectivity index (χ4v) is 4.24. The van der Waals surface area contributed by atoms with Crippen molar-refractivity contribution in [2.45, 2.75) is 18.8 Å². The van der Waals surface area contributed by atoms with Gasteiger partial charge in [-0.3, -0.25) is 9.48 Å². The van der Waals surface area contributed by atoms with Crippen molar-refractivity contribution >= 4 is 39.5 Å². The molecular formula is C19H17Cl2N3O. The third-order valence-corrected chi connectivity index (χ3v) is 5.69. The third-order valence-electron chi connectivity index (χ3n) is 5.13. The predicted molar refractivity (Wildman–Crippen MR) is 99.9 cm³/mol. The second-order valence-electron chi connectivity index (χ2n) is 6.69. The van der Waals surface area contributed by atoms with Crippen LogP contribution in [0.3, 0.4) is 0 Å². The Morgan fingerprint density at radius 2 is 2.08 bits per heavy atom. The van der Waals surface area contributed by atoms with Crippen LogP contribution in [0.5, 0.6) is 0 Å². The molecule has 1 aromatic carbocycles. The Bertz CT molecular complexity index is 951. The SMILES string of the molecule is Cn1cc2cc(-c3ccc([C@H]4C[C@]4(CCCl)C(=O)Cl)cc3)cnc2n1. The van der Waals surface area contributed by atoms with Gasteiger partial charge in [0.05, 0.1) is 5.41 Å². The summed E-state index contributed by atoms with van der Waals surface area (Å²) in [5, 5.41) is 5.04. The topological polar surface area (TPSA) is 47.8 Å². The van der Waals surface area contributed by atoms with Crippen molar-refractivity contribution in [2.75, 3.05) is 5.88 Å². The van der Waals surface area contributed by atoms with Gasteiger partial charge in [0.15, 0.2) is 5.65 Å². The van der Waals surface area contributed by atoms with Crippen LogP contribution in [0.4, 0.5) is 0 Å². The highest BCUT2D eigenvalue weighted by atomic mass is 35.5. The lowest BCUT2D eigenvalue weighted by molar-refractivity contribution is -0.116. The van der Waals surface area contributed by atoms with Gasteiger partial charge in [0.1, 0.15) is 0 Å². The number of rotatable bonds is 5. The van der Waals surface area contributed by atoms with Crippen molar-refractivity contribution in [3.05, 3.63) is 48.3 Å². The van der Waals surface area contributed by atoms with E-state index in [1.165, 1.54) is 0 Å². The molecular weight excluding hydrogens is 357 g/mol. The first-order valence-corrected chi connectivity index (χ1v) is 9.10. The summed E-state index contributed by atoms with van der Waals surface area (Å²) in [7, 11) is 1.89. The normalized spacial score (nSPS) is 22.3. The van der Waals surface area contributed by atoms with Crippen molar-refractivity contribution in [3.8, 4) is 11.1 Å². The lowest BCUT2D eigenvalue weighted by Gasteiger charge is -2.11. The van der Waals surface area contributed by atoms with Crippen molar-refractivity contribution < 1.29 is 4.79 Å². The highest BCUT2D eigenvalue weighted by molar-refractivity contribution is 6.65. The number of halogens is 2. The molecule has 6 heteroatoms. The van der Waals surface area contributed by atoms with Gasteiger partial charge >= 0.3 is 0 Å². The van der Waals surface area contributed by atoms with E-state index in [0.29, 0.717) is 12.3 Å². The van der Waals surface area contributed by atoms with E-state index in [0.717, 1.165) is 34.1 Å². The molecule has 1 fully saturated rings. The van der Waals surface area contributed by atoms with Gasteiger partial charge in [-0.25, -0.2) is 4.98 Å². The summed E-state index contributed by atoms with van der Waals surface area (Å²) >= 11 is 11.7. The summed E-state index contributed by atoms with van der Waals surface area (Å²) < 4.78 is 1.76. The summed E-state index contributed by atoms with van der Waals surface area (Å²) in [5.74, 6) is 0.619. The minimum absolute atomic E-state index is 0.171. The molecule has 1 saturated carbocycles. The highest BCUT2D eigenvalue weighted by Gasteiger charge is 2.58. The maximum absolute atomic E-state index is 11.8. The molecule has 0 bridgehead atoms. The van der Waals surface area contributed by atoms with E-state index in [4.69, 9.17) is 23.2 Å². The Morgan fingerprint density at radius 1 is 1.32 bits per heavy atom. The van der Waals surface area contributed by atoms with Gasteiger partial charge < -0.3 is 0 Å². The maximum atomic E-state index is 11.8. The van der Waals surface area contributed by atoms with E-state index < -0.39 is 5.41 Å². The smallest absolute Gasteiger partial charge is 0.228 e. The number of carbonyl (C=O) groups excluding carboxylic acids is 1. The molecule has 2 heterocycles. The fraction of sp³-hybridized carbons (Fsp3) is 0.316. The van der Waals surface area contributed by atoms with Gasteiger partial charge in [-0.05, 0) is 47.6 Å². The molecule has 1 aliphatic rings. The molecule has 0 saturated heterocycles. The van der Waals surface area contributed by atoms with E-state index in [9.17, 15) is 4.79 Å². The summed E-state index contributed by atoms with van der Waals surface area (Å²) in [6.07, 6.45) is 5.20. The van der Waals surface area contributed by atoms with Crippen LogP contribution >= 0.6 is 23.2 Å². The molecule has 4 rings (SSSR count). The second kappa shape index (κ2) is 6.11. The zero-order chi connectivity index (χ0) is 17.6. The van der Waals surface area contributed by atoms with Gasteiger partial charge in [-0.15, -0.1) is 11.6 Å². The van der Waals surface area contributed by atoms with Crippen molar-refractivity contribution in [1.29, 1.82) is 0 Å². The lowest BCUT2D eigenvalue weighted by Crippen LogP contribution is -2.13. The number of hydrogen-bond acceptors (Lipinski definition) is 3. The molecule has 128 valence electrons. The number of aryl methyl sites for hydroxylation is 1. The first-order chi connectivity index (χ1) is 12.0. The number of fused-ring (bicyclic) bond motifs is 1. The lowest BCUT2D eigenvalue weighted by atomic mass is 9.96. The van der Waals surface area contributed by atoms with E-state index >= 15 is 0 Å². The summed E-state index contributed by atoms with van der Waals surface area (Å²) in [6, 6.07) is 10.4. The molecule has 1 aliphatic carbocycles. The van der Waals surface area contributed by atoms with Gasteiger partial charge in [-0.2, -0.15) is 5.10 Å². The molecule has 0 unspecified atom stereocenters. The minimum Gasteiger partial charge on any atom is -0.281 e. The first kappa shape index (κ1) is 16.6. The average molecular weight is 374 g/mol.